The van der Waals surface area contributed by atoms with Crippen LogP contribution in [0.1, 0.15) is 31.6 Å². The number of hydrogen-bond acceptors (Lipinski definition) is 5. The molecule has 2 unspecified atom stereocenters. The normalized spacial score (nSPS) is 29.9. The molecular formula is C14H14F2N4O. The maximum Gasteiger partial charge on any atom is 0.258 e. The minimum atomic E-state index is -2.60. The Morgan fingerprint density at radius 2 is 2.00 bits per heavy atom. The van der Waals surface area contributed by atoms with Gasteiger partial charge in [0.15, 0.2) is 0 Å². The molecule has 2 saturated carbocycles. The lowest BCUT2D eigenvalue weighted by Gasteiger charge is -2.17. The lowest BCUT2D eigenvalue weighted by atomic mass is 9.86. The van der Waals surface area contributed by atoms with Gasteiger partial charge in [-0.1, -0.05) is 18.0 Å². The van der Waals surface area contributed by atoms with Crippen LogP contribution in [0.5, 0.6) is 0 Å². The third kappa shape index (κ3) is 1.79. The van der Waals surface area contributed by atoms with E-state index in [1.54, 1.807) is 18.5 Å². The van der Waals surface area contributed by atoms with Crippen molar-refractivity contribution in [2.75, 3.05) is 0 Å². The Bertz CT molecular complexity index is 660. The summed E-state index contributed by atoms with van der Waals surface area (Å²) in [5.74, 6) is -2.28. The van der Waals surface area contributed by atoms with E-state index in [9.17, 15) is 8.78 Å². The van der Waals surface area contributed by atoms with E-state index >= 15 is 0 Å². The average Bonchev–Trinajstić information content (AvgIpc) is 2.82. The quantitative estimate of drug-likeness (QED) is 0.870. The lowest BCUT2D eigenvalue weighted by molar-refractivity contribution is 0.0537. The number of nitrogens with zero attached hydrogens (tertiary/aromatic N) is 4. The van der Waals surface area contributed by atoms with E-state index < -0.39 is 17.3 Å². The molecule has 2 atom stereocenters. The summed E-state index contributed by atoms with van der Waals surface area (Å²) in [6.45, 7) is 0. The molecule has 4 rings (SSSR count). The predicted molar refractivity (Wildman–Crippen MR) is 68.4 cm³/mol. The summed E-state index contributed by atoms with van der Waals surface area (Å²) in [6, 6.07) is 1.68. The van der Waals surface area contributed by atoms with Gasteiger partial charge in [-0.2, -0.15) is 4.98 Å². The molecular weight excluding hydrogens is 278 g/mol. The molecule has 0 aliphatic heterocycles. The Labute approximate surface area is 119 Å². The fraction of sp³-hybridized carbons (Fsp3) is 0.571. The van der Waals surface area contributed by atoms with Crippen molar-refractivity contribution in [2.45, 2.75) is 38.0 Å². The van der Waals surface area contributed by atoms with Gasteiger partial charge in [0.05, 0.1) is 5.41 Å². The first-order chi connectivity index (χ1) is 10.1. The molecule has 0 saturated heterocycles. The van der Waals surface area contributed by atoms with Gasteiger partial charge in [0.25, 0.3) is 5.92 Å². The molecule has 21 heavy (non-hydrogen) atoms. The van der Waals surface area contributed by atoms with Gasteiger partial charge in [-0.05, 0) is 18.9 Å². The van der Waals surface area contributed by atoms with Gasteiger partial charge in [0.2, 0.25) is 17.5 Å². The summed E-state index contributed by atoms with van der Waals surface area (Å²) < 4.78 is 33.2. The van der Waals surface area contributed by atoms with Crippen molar-refractivity contribution < 1.29 is 13.3 Å². The standard InChI is InChI=1S/C14H14F2N4O/c15-14(16)9-4-1-2-5-13(9,14)8-10-19-12(20-21-10)11-17-6-3-7-18-11/h3,6-7,9H,1-2,4-5,8H2. The maximum absolute atomic E-state index is 14.1. The summed E-state index contributed by atoms with van der Waals surface area (Å²) in [5.41, 5.74) is -0.966. The Kier molecular flexibility index (Phi) is 2.61. The largest absolute Gasteiger partial charge is 0.339 e. The molecule has 7 heteroatoms. The second-order valence-electron chi connectivity index (χ2n) is 5.84. The Balaban J connectivity index is 1.58. The summed E-state index contributed by atoms with van der Waals surface area (Å²) in [5, 5.41) is 3.79. The third-order valence-corrected chi connectivity index (χ3v) is 4.75. The molecule has 2 fully saturated rings. The summed E-state index contributed by atoms with van der Waals surface area (Å²) in [4.78, 5) is 12.2. The van der Waals surface area contributed by atoms with Crippen molar-refractivity contribution in [3.05, 3.63) is 24.4 Å². The van der Waals surface area contributed by atoms with Gasteiger partial charge in [-0.15, -0.1) is 0 Å². The molecule has 0 spiro atoms. The SMILES string of the molecule is FC1(F)C2CCCCC21Cc1nc(-c2ncccn2)no1. The first-order valence-corrected chi connectivity index (χ1v) is 7.11. The highest BCUT2D eigenvalue weighted by molar-refractivity contribution is 5.40. The van der Waals surface area contributed by atoms with E-state index in [0.29, 0.717) is 18.7 Å². The van der Waals surface area contributed by atoms with Gasteiger partial charge in [-0.25, -0.2) is 18.7 Å². The predicted octanol–water partition coefficient (Wildman–Crippen LogP) is 2.89. The molecule has 2 aliphatic rings. The van der Waals surface area contributed by atoms with Gasteiger partial charge in [-0.3, -0.25) is 0 Å². The summed E-state index contributed by atoms with van der Waals surface area (Å²) in [6.07, 6.45) is 6.14. The minimum Gasteiger partial charge on any atom is -0.339 e. The summed E-state index contributed by atoms with van der Waals surface area (Å²) >= 11 is 0. The van der Waals surface area contributed by atoms with Crippen molar-refractivity contribution in [1.82, 2.24) is 20.1 Å². The van der Waals surface area contributed by atoms with Crippen LogP contribution in [-0.2, 0) is 6.42 Å². The van der Waals surface area contributed by atoms with E-state index in [1.165, 1.54) is 0 Å². The molecule has 5 nitrogen and oxygen atoms in total. The molecule has 2 aromatic rings. The van der Waals surface area contributed by atoms with Crippen molar-refractivity contribution in [1.29, 1.82) is 0 Å². The molecule has 0 N–H and O–H groups in total. The Morgan fingerprint density at radius 1 is 1.19 bits per heavy atom. The van der Waals surface area contributed by atoms with Gasteiger partial charge in [0, 0.05) is 24.7 Å². The van der Waals surface area contributed by atoms with Gasteiger partial charge >= 0.3 is 0 Å². The highest BCUT2D eigenvalue weighted by Crippen LogP contribution is 2.73. The van der Waals surface area contributed by atoms with Crippen LogP contribution in [0.4, 0.5) is 8.78 Å². The monoisotopic (exact) mass is 292 g/mol. The van der Waals surface area contributed by atoms with Crippen LogP contribution in [0.15, 0.2) is 23.0 Å². The molecule has 0 radical (unpaired) electrons. The number of alkyl halides is 2. The van der Waals surface area contributed by atoms with Crippen molar-refractivity contribution in [2.24, 2.45) is 11.3 Å². The molecule has 0 amide bonds. The third-order valence-electron chi connectivity index (χ3n) is 4.75. The van der Waals surface area contributed by atoms with Crippen LogP contribution >= 0.6 is 0 Å². The van der Waals surface area contributed by atoms with Gasteiger partial charge < -0.3 is 4.52 Å². The van der Waals surface area contributed by atoms with E-state index in [4.69, 9.17) is 4.52 Å². The minimum absolute atomic E-state index is 0.143. The first-order valence-electron chi connectivity index (χ1n) is 7.11. The van der Waals surface area contributed by atoms with Crippen LogP contribution in [0.3, 0.4) is 0 Å². The zero-order valence-corrected chi connectivity index (χ0v) is 11.3. The van der Waals surface area contributed by atoms with Gasteiger partial charge in [0.1, 0.15) is 0 Å². The fourth-order valence-corrected chi connectivity index (χ4v) is 3.61. The highest BCUT2D eigenvalue weighted by atomic mass is 19.3. The fourth-order valence-electron chi connectivity index (χ4n) is 3.61. The molecule has 110 valence electrons. The van der Waals surface area contributed by atoms with Crippen LogP contribution in [0, 0.1) is 11.3 Å². The van der Waals surface area contributed by atoms with Crippen LogP contribution in [-0.4, -0.2) is 26.0 Å². The van der Waals surface area contributed by atoms with Crippen molar-refractivity contribution in [3.8, 4) is 11.6 Å². The van der Waals surface area contributed by atoms with Crippen molar-refractivity contribution >= 4 is 0 Å². The second-order valence-corrected chi connectivity index (χ2v) is 5.84. The molecule has 0 bridgehead atoms. The molecule has 2 heterocycles. The molecule has 0 aromatic carbocycles. The average molecular weight is 292 g/mol. The number of halogens is 2. The van der Waals surface area contributed by atoms with E-state index in [2.05, 4.69) is 20.1 Å². The maximum atomic E-state index is 14.1. The highest BCUT2D eigenvalue weighted by Gasteiger charge is 2.80. The number of hydrogen-bond donors (Lipinski definition) is 0. The second kappa shape index (κ2) is 4.29. The number of fused-ring (bicyclic) bond motifs is 1. The Morgan fingerprint density at radius 3 is 2.76 bits per heavy atom. The lowest BCUT2D eigenvalue weighted by Crippen LogP contribution is -2.16. The van der Waals surface area contributed by atoms with Crippen molar-refractivity contribution in [3.63, 3.8) is 0 Å². The molecule has 2 aliphatic carbocycles. The zero-order chi connectivity index (χ0) is 14.5. The van der Waals surface area contributed by atoms with E-state index in [-0.39, 0.29) is 18.1 Å². The first kappa shape index (κ1) is 12.8. The smallest absolute Gasteiger partial charge is 0.258 e. The van der Waals surface area contributed by atoms with Crippen LogP contribution in [0.2, 0.25) is 0 Å². The molecule has 2 aromatic heterocycles. The topological polar surface area (TPSA) is 64.7 Å². The van der Waals surface area contributed by atoms with Crippen LogP contribution < -0.4 is 0 Å². The number of aromatic nitrogens is 4. The van der Waals surface area contributed by atoms with E-state index in [0.717, 1.165) is 12.8 Å². The Hall–Kier alpha value is -1.92. The van der Waals surface area contributed by atoms with E-state index in [1.807, 2.05) is 0 Å². The van der Waals surface area contributed by atoms with Crippen LogP contribution in [0.25, 0.3) is 11.6 Å². The summed E-state index contributed by atoms with van der Waals surface area (Å²) in [7, 11) is 0. The number of rotatable bonds is 3. The zero-order valence-electron chi connectivity index (χ0n) is 11.3.